The van der Waals surface area contributed by atoms with Gasteiger partial charge in [0.05, 0.1) is 27.7 Å². The number of halogens is 2. The van der Waals surface area contributed by atoms with Crippen LogP contribution < -0.4 is 0 Å². The minimum absolute atomic E-state index is 0.0782. The van der Waals surface area contributed by atoms with Crippen molar-refractivity contribution in [3.05, 3.63) is 32.3 Å². The fourth-order valence-electron chi connectivity index (χ4n) is 2.63. The number of benzene rings is 1. The lowest BCUT2D eigenvalue weighted by Gasteiger charge is -2.32. The molecule has 1 aromatic carbocycles. The Labute approximate surface area is 154 Å². The number of amides is 1. The molecular formula is C16H17Cl2NO6. The number of fused-ring (bicyclic) bond motifs is 1. The van der Waals surface area contributed by atoms with Crippen LogP contribution >= 0.6 is 23.2 Å². The molecule has 0 saturated carbocycles. The highest BCUT2D eigenvalue weighted by molar-refractivity contribution is 6.41. The topological polar surface area (TPSA) is 104 Å². The Kier molecular flexibility index (Phi) is 5.20. The predicted octanol–water partition coefficient (Wildman–Crippen LogP) is 3.68. The minimum atomic E-state index is -1.41. The highest BCUT2D eigenvalue weighted by Crippen LogP contribution is 2.38. The number of hydrogen-bond acceptors (Lipinski definition) is 4. The molecule has 1 heterocycles. The average molecular weight is 390 g/mol. The summed E-state index contributed by atoms with van der Waals surface area (Å²) in [6.45, 7) is 5.31. The van der Waals surface area contributed by atoms with E-state index in [0.717, 1.165) is 0 Å². The van der Waals surface area contributed by atoms with Gasteiger partial charge in [-0.15, -0.1) is 0 Å². The molecule has 0 bridgehead atoms. The smallest absolute Gasteiger partial charge is 0.410 e. The van der Waals surface area contributed by atoms with Gasteiger partial charge in [0, 0.05) is 6.54 Å². The van der Waals surface area contributed by atoms with Crippen molar-refractivity contribution in [2.45, 2.75) is 39.3 Å². The maximum Gasteiger partial charge on any atom is 0.410 e. The number of rotatable bonds is 2. The molecule has 1 aromatic rings. The number of ether oxygens (including phenoxy) is 1. The largest absolute Gasteiger partial charge is 0.478 e. The van der Waals surface area contributed by atoms with Crippen LogP contribution in [-0.4, -0.2) is 45.3 Å². The van der Waals surface area contributed by atoms with Crippen molar-refractivity contribution >= 4 is 41.2 Å². The number of nitrogens with zero attached hydrogens (tertiary/aromatic N) is 1. The fourth-order valence-corrected chi connectivity index (χ4v) is 3.44. The van der Waals surface area contributed by atoms with Gasteiger partial charge in [0.15, 0.2) is 0 Å². The van der Waals surface area contributed by atoms with Gasteiger partial charge >= 0.3 is 18.0 Å². The number of aromatic carboxylic acids is 2. The van der Waals surface area contributed by atoms with Crippen molar-refractivity contribution in [3.63, 3.8) is 0 Å². The summed E-state index contributed by atoms with van der Waals surface area (Å²) >= 11 is 12.1. The lowest BCUT2D eigenvalue weighted by atomic mass is 9.92. The molecule has 1 amide bonds. The summed E-state index contributed by atoms with van der Waals surface area (Å²) in [5.74, 6) is -2.79. The van der Waals surface area contributed by atoms with Crippen LogP contribution in [0.1, 0.15) is 52.6 Å². The number of carboxylic acids is 2. The van der Waals surface area contributed by atoms with E-state index in [1.807, 2.05) is 0 Å². The van der Waals surface area contributed by atoms with Gasteiger partial charge in [0.25, 0.3) is 0 Å². The SMILES string of the molecule is CC(C)(C)OC(=O)N1CCc2c(Cl)c(C(=O)O)c(Cl)c(C(=O)O)c2C1. The van der Waals surface area contributed by atoms with Gasteiger partial charge in [-0.05, 0) is 38.3 Å². The van der Waals surface area contributed by atoms with Crippen molar-refractivity contribution in [1.82, 2.24) is 4.90 Å². The zero-order valence-corrected chi connectivity index (χ0v) is 15.4. The summed E-state index contributed by atoms with van der Waals surface area (Å²) in [5, 5.41) is 18.2. The van der Waals surface area contributed by atoms with Crippen LogP contribution in [0.15, 0.2) is 0 Å². The van der Waals surface area contributed by atoms with Crippen LogP contribution in [0.4, 0.5) is 4.79 Å². The molecule has 7 nitrogen and oxygen atoms in total. The van der Waals surface area contributed by atoms with Crippen LogP contribution in [0, 0.1) is 0 Å². The molecule has 0 aromatic heterocycles. The Hall–Kier alpha value is -1.99. The standard InChI is InChI=1S/C16H17Cl2NO6/c1-16(2,3)25-15(24)19-5-4-7-8(6-19)9(13(20)21)12(18)10(11(7)17)14(22)23/h4-6H2,1-3H3,(H,20,21)(H,22,23). The summed E-state index contributed by atoms with van der Waals surface area (Å²) in [7, 11) is 0. The predicted molar refractivity (Wildman–Crippen MR) is 90.7 cm³/mol. The summed E-state index contributed by atoms with van der Waals surface area (Å²) in [6, 6.07) is 0. The summed E-state index contributed by atoms with van der Waals surface area (Å²) in [5.41, 5.74) is -0.891. The Bertz CT molecular complexity index is 769. The van der Waals surface area contributed by atoms with Gasteiger partial charge < -0.3 is 19.8 Å². The summed E-state index contributed by atoms with van der Waals surface area (Å²) in [4.78, 5) is 36.6. The second-order valence-electron chi connectivity index (χ2n) is 6.60. The van der Waals surface area contributed by atoms with Crippen molar-refractivity contribution in [2.24, 2.45) is 0 Å². The van der Waals surface area contributed by atoms with Crippen molar-refractivity contribution in [1.29, 1.82) is 0 Å². The highest BCUT2D eigenvalue weighted by atomic mass is 35.5. The Morgan fingerprint density at radius 3 is 2.04 bits per heavy atom. The number of hydrogen-bond donors (Lipinski definition) is 2. The van der Waals surface area contributed by atoms with Crippen molar-refractivity contribution in [3.8, 4) is 0 Å². The second-order valence-corrected chi connectivity index (χ2v) is 7.35. The number of carboxylic acid groups (broad SMARTS) is 2. The quantitative estimate of drug-likeness (QED) is 0.798. The third-order valence-corrected chi connectivity index (χ3v) is 4.44. The van der Waals surface area contributed by atoms with E-state index >= 15 is 0 Å². The lowest BCUT2D eigenvalue weighted by Crippen LogP contribution is -2.40. The van der Waals surface area contributed by atoms with E-state index in [1.165, 1.54) is 4.90 Å². The lowest BCUT2D eigenvalue weighted by molar-refractivity contribution is 0.0221. The molecule has 25 heavy (non-hydrogen) atoms. The summed E-state index contributed by atoms with van der Waals surface area (Å²) < 4.78 is 5.29. The van der Waals surface area contributed by atoms with Crippen LogP contribution in [0.25, 0.3) is 0 Å². The van der Waals surface area contributed by atoms with E-state index in [9.17, 15) is 24.6 Å². The monoisotopic (exact) mass is 389 g/mol. The first-order valence-electron chi connectivity index (χ1n) is 7.41. The van der Waals surface area contributed by atoms with E-state index in [2.05, 4.69) is 0 Å². The molecular weight excluding hydrogens is 373 g/mol. The third-order valence-electron chi connectivity index (χ3n) is 3.65. The van der Waals surface area contributed by atoms with Gasteiger partial charge in [0.1, 0.15) is 5.60 Å². The summed E-state index contributed by atoms with van der Waals surface area (Å²) in [6.07, 6.45) is -0.394. The van der Waals surface area contributed by atoms with Gasteiger partial charge in [0.2, 0.25) is 0 Å². The first kappa shape index (κ1) is 19.3. The highest BCUT2D eigenvalue weighted by Gasteiger charge is 2.34. The van der Waals surface area contributed by atoms with Gasteiger partial charge in [-0.1, -0.05) is 23.2 Å². The number of carbonyl (C=O) groups excluding carboxylic acids is 1. The van der Waals surface area contributed by atoms with Gasteiger partial charge in [-0.2, -0.15) is 0 Å². The van der Waals surface area contributed by atoms with Crippen molar-refractivity contribution < 1.29 is 29.3 Å². The molecule has 0 atom stereocenters. The third kappa shape index (κ3) is 3.82. The Morgan fingerprint density at radius 1 is 1.00 bits per heavy atom. The Morgan fingerprint density at radius 2 is 1.56 bits per heavy atom. The fraction of sp³-hybridized carbons (Fsp3) is 0.438. The molecule has 136 valence electrons. The minimum Gasteiger partial charge on any atom is -0.478 e. The van der Waals surface area contributed by atoms with E-state index in [4.69, 9.17) is 27.9 Å². The number of carbonyl (C=O) groups is 3. The molecule has 0 radical (unpaired) electrons. The molecule has 9 heteroatoms. The van der Waals surface area contributed by atoms with Gasteiger partial charge in [-0.3, -0.25) is 0 Å². The molecule has 0 aliphatic carbocycles. The van der Waals surface area contributed by atoms with Crippen LogP contribution in [0.2, 0.25) is 10.0 Å². The van der Waals surface area contributed by atoms with Crippen LogP contribution in [0.3, 0.4) is 0 Å². The molecule has 2 rings (SSSR count). The van der Waals surface area contributed by atoms with Gasteiger partial charge in [-0.25, -0.2) is 14.4 Å². The average Bonchev–Trinajstić information content (AvgIpc) is 2.44. The Balaban J connectivity index is 2.53. The van der Waals surface area contributed by atoms with E-state index in [-0.39, 0.29) is 35.7 Å². The van der Waals surface area contributed by atoms with Crippen LogP contribution in [0.5, 0.6) is 0 Å². The molecule has 1 aliphatic heterocycles. The normalized spacial score (nSPS) is 14.0. The maximum absolute atomic E-state index is 12.2. The molecule has 1 aliphatic rings. The molecule has 0 spiro atoms. The van der Waals surface area contributed by atoms with Crippen molar-refractivity contribution in [2.75, 3.05) is 6.54 Å². The maximum atomic E-state index is 12.2. The van der Waals surface area contributed by atoms with E-state index < -0.39 is 34.2 Å². The van der Waals surface area contributed by atoms with Crippen LogP contribution in [-0.2, 0) is 17.7 Å². The van der Waals surface area contributed by atoms with E-state index in [0.29, 0.717) is 5.56 Å². The first-order chi connectivity index (χ1) is 11.4. The molecule has 2 N–H and O–H groups in total. The van der Waals surface area contributed by atoms with E-state index in [1.54, 1.807) is 20.8 Å². The zero-order valence-electron chi connectivity index (χ0n) is 13.9. The molecule has 0 unspecified atom stereocenters. The second kappa shape index (κ2) is 6.72. The molecule has 0 fully saturated rings. The molecule has 0 saturated heterocycles. The first-order valence-corrected chi connectivity index (χ1v) is 8.16. The zero-order chi connectivity index (χ0) is 19.1.